The van der Waals surface area contributed by atoms with Gasteiger partial charge in [0.25, 0.3) is 5.91 Å². The van der Waals surface area contributed by atoms with Crippen molar-refractivity contribution in [2.24, 2.45) is 0 Å². The lowest BCUT2D eigenvalue weighted by Gasteiger charge is -2.14. The van der Waals surface area contributed by atoms with E-state index in [0.29, 0.717) is 6.42 Å². The Labute approximate surface area is 148 Å². The van der Waals surface area contributed by atoms with Crippen LogP contribution in [0.15, 0.2) is 30.3 Å². The topological polar surface area (TPSA) is 70.6 Å². The van der Waals surface area contributed by atoms with Gasteiger partial charge in [-0.25, -0.2) is 18.7 Å². The van der Waals surface area contributed by atoms with E-state index in [4.69, 9.17) is 5.11 Å². The third-order valence-corrected chi connectivity index (χ3v) is 3.53. The number of hydrogen-bond acceptors (Lipinski definition) is 4. The number of carbonyl (C=O) groups excluding carboxylic acids is 1. The summed E-state index contributed by atoms with van der Waals surface area (Å²) in [6, 6.07) is 6.18. The van der Waals surface area contributed by atoms with Gasteiger partial charge in [0.05, 0.1) is 30.2 Å². The van der Waals surface area contributed by atoms with E-state index in [1.54, 1.807) is 6.07 Å². The highest BCUT2D eigenvalue weighted by atomic mass is 19.2. The van der Waals surface area contributed by atoms with Gasteiger partial charge in [0.15, 0.2) is 11.6 Å². The fourth-order valence-electron chi connectivity index (χ4n) is 2.32. The van der Waals surface area contributed by atoms with Crippen LogP contribution in [0.3, 0.4) is 0 Å². The smallest absolute Gasteiger partial charge is 0.277 e. The first kappa shape index (κ1) is 19.7. The molecular weight excluding hydrogens is 349 g/mol. The van der Waals surface area contributed by atoms with E-state index in [1.165, 1.54) is 12.1 Å². The van der Waals surface area contributed by atoms with E-state index >= 15 is 0 Å². The zero-order chi connectivity index (χ0) is 19.1. The van der Waals surface area contributed by atoms with Crippen molar-refractivity contribution in [3.05, 3.63) is 58.9 Å². The molecule has 0 heterocycles. The predicted molar refractivity (Wildman–Crippen MR) is 90.5 cm³/mol. The van der Waals surface area contributed by atoms with Crippen molar-refractivity contribution in [2.45, 2.75) is 19.8 Å². The number of hydrogen-bond donors (Lipinski definition) is 3. The van der Waals surface area contributed by atoms with Gasteiger partial charge >= 0.3 is 0 Å². The van der Waals surface area contributed by atoms with Crippen molar-refractivity contribution < 1.29 is 27.9 Å². The van der Waals surface area contributed by atoms with Gasteiger partial charge in [-0.2, -0.15) is 0 Å². The van der Waals surface area contributed by atoms with Crippen molar-refractivity contribution in [2.75, 3.05) is 18.5 Å². The van der Waals surface area contributed by atoms with E-state index in [0.717, 1.165) is 24.1 Å². The maximum atomic E-state index is 14.2. The number of benzene rings is 2. The number of hydroxylamine groups is 1. The summed E-state index contributed by atoms with van der Waals surface area (Å²) in [5, 5.41) is 11.1. The molecule has 0 unspecified atom stereocenters. The van der Waals surface area contributed by atoms with Crippen LogP contribution >= 0.6 is 0 Å². The number of nitrogens with one attached hydrogen (secondary N) is 2. The second-order valence-corrected chi connectivity index (χ2v) is 5.48. The van der Waals surface area contributed by atoms with Gasteiger partial charge in [-0.15, -0.1) is 0 Å². The fraction of sp³-hybridized carbons (Fsp3) is 0.278. The molecule has 0 aliphatic heterocycles. The van der Waals surface area contributed by atoms with Gasteiger partial charge < -0.3 is 10.4 Å². The Hall–Kier alpha value is -2.58. The lowest BCUT2D eigenvalue weighted by Crippen LogP contribution is -2.26. The summed E-state index contributed by atoms with van der Waals surface area (Å²) in [4.78, 5) is 16.8. The van der Waals surface area contributed by atoms with Gasteiger partial charge in [0.1, 0.15) is 5.82 Å². The molecular formula is C18H19F3N2O3. The number of carbonyl (C=O) groups is 1. The molecule has 0 fully saturated rings. The maximum absolute atomic E-state index is 14.2. The molecule has 0 radical (unpaired) electrons. The molecule has 2 aromatic carbocycles. The quantitative estimate of drug-likeness (QED) is 0.493. The summed E-state index contributed by atoms with van der Waals surface area (Å²) >= 11 is 0. The number of amides is 1. The van der Waals surface area contributed by atoms with Crippen LogP contribution in [0, 0.1) is 17.5 Å². The standard InChI is InChI=1S/C18H19F3N2O3/c1-2-3-11-4-7-15(14(20)10-11)22-17-12(5-6-13(19)16(17)21)18(25)23-26-9-8-24/h4-7,10,22,24H,2-3,8-9H2,1H3,(H,23,25). The van der Waals surface area contributed by atoms with Crippen LogP contribution in [-0.2, 0) is 11.3 Å². The third-order valence-electron chi connectivity index (χ3n) is 3.53. The van der Waals surface area contributed by atoms with Crippen molar-refractivity contribution in [3.8, 4) is 0 Å². The number of aliphatic hydroxyl groups excluding tert-OH is 1. The molecule has 2 rings (SSSR count). The largest absolute Gasteiger partial charge is 0.394 e. The summed E-state index contributed by atoms with van der Waals surface area (Å²) in [6.45, 7) is 1.44. The van der Waals surface area contributed by atoms with Gasteiger partial charge in [-0.05, 0) is 36.2 Å². The molecule has 8 heteroatoms. The third kappa shape index (κ3) is 4.74. The van der Waals surface area contributed by atoms with Gasteiger partial charge in [-0.3, -0.25) is 9.63 Å². The van der Waals surface area contributed by atoms with Crippen LogP contribution in [0.1, 0.15) is 29.3 Å². The Balaban J connectivity index is 2.33. The molecule has 0 saturated heterocycles. The molecule has 1 amide bonds. The van der Waals surface area contributed by atoms with E-state index in [9.17, 15) is 18.0 Å². The van der Waals surface area contributed by atoms with Crippen LogP contribution < -0.4 is 10.8 Å². The summed E-state index contributed by atoms with van der Waals surface area (Å²) in [5.41, 5.74) is 1.87. The van der Waals surface area contributed by atoms with E-state index in [2.05, 4.69) is 10.2 Å². The monoisotopic (exact) mass is 368 g/mol. The van der Waals surface area contributed by atoms with E-state index < -0.39 is 29.0 Å². The first-order chi connectivity index (χ1) is 12.5. The van der Waals surface area contributed by atoms with Crippen LogP contribution in [0.4, 0.5) is 24.5 Å². The Morgan fingerprint density at radius 3 is 2.58 bits per heavy atom. The maximum Gasteiger partial charge on any atom is 0.277 e. The summed E-state index contributed by atoms with van der Waals surface area (Å²) in [5.74, 6) is -4.04. The molecule has 0 aliphatic rings. The zero-order valence-corrected chi connectivity index (χ0v) is 14.1. The lowest BCUT2D eigenvalue weighted by molar-refractivity contribution is 0.0168. The molecule has 26 heavy (non-hydrogen) atoms. The summed E-state index contributed by atoms with van der Waals surface area (Å²) in [6.07, 6.45) is 1.52. The molecule has 0 aromatic heterocycles. The van der Waals surface area contributed by atoms with Gasteiger partial charge in [0, 0.05) is 0 Å². The SMILES string of the molecule is CCCc1ccc(Nc2c(C(=O)NOCCO)ccc(F)c2F)c(F)c1. The minimum atomic E-state index is -1.32. The van der Waals surface area contributed by atoms with E-state index in [-0.39, 0.29) is 24.5 Å². The first-order valence-corrected chi connectivity index (χ1v) is 8.04. The molecule has 2 aromatic rings. The second kappa shape index (κ2) is 9.21. The zero-order valence-electron chi connectivity index (χ0n) is 14.1. The number of anilines is 2. The van der Waals surface area contributed by atoms with Crippen molar-refractivity contribution >= 4 is 17.3 Å². The summed E-state index contributed by atoms with van der Waals surface area (Å²) in [7, 11) is 0. The fourth-order valence-corrected chi connectivity index (χ4v) is 2.32. The molecule has 3 N–H and O–H groups in total. The lowest BCUT2D eigenvalue weighted by atomic mass is 10.1. The Bertz CT molecular complexity index is 785. The highest BCUT2D eigenvalue weighted by Crippen LogP contribution is 2.28. The average molecular weight is 368 g/mol. The van der Waals surface area contributed by atoms with E-state index in [1.807, 2.05) is 12.4 Å². The van der Waals surface area contributed by atoms with Crippen molar-refractivity contribution in [1.82, 2.24) is 5.48 Å². The van der Waals surface area contributed by atoms with Crippen LogP contribution in [0.5, 0.6) is 0 Å². The molecule has 0 bridgehead atoms. The minimum absolute atomic E-state index is 0.0975. The van der Waals surface area contributed by atoms with Crippen LogP contribution in [0.25, 0.3) is 0 Å². The Morgan fingerprint density at radius 2 is 1.92 bits per heavy atom. The number of aryl methyl sites for hydroxylation is 1. The average Bonchev–Trinajstić information content (AvgIpc) is 2.61. The van der Waals surface area contributed by atoms with Gasteiger partial charge in [-0.1, -0.05) is 19.4 Å². The molecule has 5 nitrogen and oxygen atoms in total. The van der Waals surface area contributed by atoms with Crippen molar-refractivity contribution in [3.63, 3.8) is 0 Å². The van der Waals surface area contributed by atoms with Crippen LogP contribution in [-0.4, -0.2) is 24.2 Å². The normalized spacial score (nSPS) is 10.7. The molecule has 0 saturated carbocycles. The minimum Gasteiger partial charge on any atom is -0.394 e. The van der Waals surface area contributed by atoms with Crippen molar-refractivity contribution in [1.29, 1.82) is 0 Å². The molecule has 0 spiro atoms. The number of rotatable bonds is 8. The van der Waals surface area contributed by atoms with Crippen LogP contribution in [0.2, 0.25) is 0 Å². The Kier molecular flexibility index (Phi) is 6.99. The number of halogens is 3. The highest BCUT2D eigenvalue weighted by Gasteiger charge is 2.20. The predicted octanol–water partition coefficient (Wildman–Crippen LogP) is 3.45. The summed E-state index contributed by atoms with van der Waals surface area (Å²) < 4.78 is 42.0. The molecule has 140 valence electrons. The molecule has 0 atom stereocenters. The number of aliphatic hydroxyl groups is 1. The Morgan fingerprint density at radius 1 is 1.15 bits per heavy atom. The van der Waals surface area contributed by atoms with Gasteiger partial charge in [0.2, 0.25) is 0 Å². The highest BCUT2D eigenvalue weighted by molar-refractivity contribution is 5.99. The molecule has 0 aliphatic carbocycles. The second-order valence-electron chi connectivity index (χ2n) is 5.48. The first-order valence-electron chi connectivity index (χ1n) is 8.04.